The Morgan fingerprint density at radius 2 is 1.56 bits per heavy atom. The summed E-state index contributed by atoms with van der Waals surface area (Å²) in [7, 11) is -5.69. The molecule has 0 saturated heterocycles. The fraction of sp³-hybridized carbons (Fsp3) is 0.400. The summed E-state index contributed by atoms with van der Waals surface area (Å²) in [5.41, 5.74) is 1.08. The van der Waals surface area contributed by atoms with Crippen LogP contribution in [0.1, 0.15) is 17.5 Å². The van der Waals surface area contributed by atoms with Crippen molar-refractivity contribution in [2.24, 2.45) is 0 Å². The Labute approximate surface area is 208 Å². The van der Waals surface area contributed by atoms with Gasteiger partial charge in [-0.25, -0.2) is 0 Å². The number of rotatable bonds is 12. The molecule has 0 saturated carbocycles. The Kier molecular flexibility index (Phi) is 12.0. The standard InChI is InChI=1S/C20H26O10S2.O.Zn/c1-28-18-7-3-6-15(20(18)21)12-16(13-32(25,26)27)30-17-9-8-14(11-19(17)29-2)5-4-10-31(22,23)24;;/h3,6-9,11,16,21H,4-5,10,12-13H2,1-2H3,(H,22,23,24)(H,25,26,27);;. The van der Waals surface area contributed by atoms with E-state index in [1.807, 2.05) is 0 Å². The van der Waals surface area contributed by atoms with Gasteiger partial charge in [0.2, 0.25) is 0 Å². The third-order valence-corrected chi connectivity index (χ3v) is 6.13. The Hall–Kier alpha value is -2.12. The summed E-state index contributed by atoms with van der Waals surface area (Å²) in [4.78, 5) is 0. The van der Waals surface area contributed by atoms with Crippen molar-refractivity contribution in [2.75, 3.05) is 25.7 Å². The van der Waals surface area contributed by atoms with Crippen molar-refractivity contribution < 1.29 is 67.1 Å². The van der Waals surface area contributed by atoms with Crippen molar-refractivity contribution in [1.29, 1.82) is 0 Å². The van der Waals surface area contributed by atoms with E-state index in [1.54, 1.807) is 30.3 Å². The van der Waals surface area contributed by atoms with Crippen LogP contribution < -0.4 is 14.2 Å². The molecular weight excluding hydrogens is 546 g/mol. The van der Waals surface area contributed by atoms with Crippen LogP contribution >= 0.6 is 0 Å². The number of aryl methyl sites for hydroxylation is 1. The second kappa shape index (κ2) is 13.7. The fourth-order valence-electron chi connectivity index (χ4n) is 3.12. The first kappa shape index (κ1) is 29.9. The minimum atomic E-state index is -4.41. The van der Waals surface area contributed by atoms with Crippen LogP contribution in [0.25, 0.3) is 0 Å². The molecule has 0 aliphatic heterocycles. The van der Waals surface area contributed by atoms with Gasteiger partial charge in [0.1, 0.15) is 11.9 Å². The van der Waals surface area contributed by atoms with Gasteiger partial charge in [0.05, 0.1) is 20.0 Å². The summed E-state index contributed by atoms with van der Waals surface area (Å²) in [6.07, 6.45) is -0.574. The van der Waals surface area contributed by atoms with Crippen LogP contribution in [-0.2, 0) is 54.9 Å². The van der Waals surface area contributed by atoms with Crippen molar-refractivity contribution in [1.82, 2.24) is 0 Å². The molecule has 0 aliphatic rings. The monoisotopic (exact) mass is 570 g/mol. The summed E-state index contributed by atoms with van der Waals surface area (Å²) in [6, 6.07) is 9.53. The van der Waals surface area contributed by atoms with Gasteiger partial charge in [-0.2, -0.15) is 16.8 Å². The molecular formula is C20H26O11S2Zn. The van der Waals surface area contributed by atoms with Crippen LogP contribution in [0.2, 0.25) is 0 Å². The van der Waals surface area contributed by atoms with Crippen LogP contribution in [0, 0.1) is 0 Å². The second-order valence-electron chi connectivity index (χ2n) is 7.04. The van der Waals surface area contributed by atoms with Gasteiger partial charge in [-0.1, -0.05) is 18.2 Å². The van der Waals surface area contributed by atoms with Gasteiger partial charge in [-0.15, -0.1) is 0 Å². The number of benzene rings is 2. The van der Waals surface area contributed by atoms with Gasteiger partial charge in [0, 0.05) is 12.0 Å². The van der Waals surface area contributed by atoms with E-state index in [0.717, 1.165) is 5.56 Å². The number of aromatic hydroxyl groups is 1. The van der Waals surface area contributed by atoms with Gasteiger partial charge in [-0.05, 0) is 36.6 Å². The van der Waals surface area contributed by atoms with E-state index in [4.69, 9.17) is 22.3 Å². The Morgan fingerprint density at radius 1 is 0.912 bits per heavy atom. The average molecular weight is 572 g/mol. The number of phenols is 1. The van der Waals surface area contributed by atoms with E-state index in [1.165, 1.54) is 20.3 Å². The number of hydrogen-bond acceptors (Lipinski definition) is 9. The molecule has 0 aromatic heterocycles. The van der Waals surface area contributed by atoms with Gasteiger partial charge in [0.15, 0.2) is 23.0 Å². The molecule has 2 rings (SSSR count). The first-order valence-electron chi connectivity index (χ1n) is 9.79. The molecule has 2 aromatic rings. The molecule has 0 fully saturated rings. The molecule has 11 nitrogen and oxygen atoms in total. The van der Waals surface area contributed by atoms with E-state index < -0.39 is 32.1 Å². The molecule has 3 N–H and O–H groups in total. The van der Waals surface area contributed by atoms with Gasteiger partial charge in [0.25, 0.3) is 20.2 Å². The van der Waals surface area contributed by atoms with E-state index in [9.17, 15) is 26.5 Å². The molecule has 34 heavy (non-hydrogen) atoms. The van der Waals surface area contributed by atoms with E-state index in [-0.39, 0.29) is 59.8 Å². The Bertz CT molecular complexity index is 1150. The molecule has 0 spiro atoms. The summed E-state index contributed by atoms with van der Waals surface area (Å²) in [5, 5.41) is 10.3. The number of methoxy groups -OCH3 is 2. The van der Waals surface area contributed by atoms with E-state index >= 15 is 0 Å². The third-order valence-electron chi connectivity index (χ3n) is 4.54. The Morgan fingerprint density at radius 3 is 2.12 bits per heavy atom. The molecule has 1 atom stereocenters. The minimum absolute atomic E-state index is 0.0535. The Balaban J connectivity index is 0.00000281. The van der Waals surface area contributed by atoms with Crippen LogP contribution in [0.3, 0.4) is 0 Å². The van der Waals surface area contributed by atoms with Gasteiger partial charge < -0.3 is 19.3 Å². The maximum atomic E-state index is 11.5. The zero-order valence-electron chi connectivity index (χ0n) is 18.7. The zero-order chi connectivity index (χ0) is 25.9. The summed E-state index contributed by atoms with van der Waals surface area (Å²) in [5.74, 6) is -0.608. The molecule has 0 bridgehead atoms. The summed E-state index contributed by atoms with van der Waals surface area (Å²) < 4.78 is 87.5. The average Bonchev–Trinajstić information content (AvgIpc) is 2.75. The van der Waals surface area contributed by atoms with Crippen LogP contribution in [0.4, 0.5) is 0 Å². The van der Waals surface area contributed by atoms with Crippen LogP contribution in [0.5, 0.6) is 23.0 Å². The number of hydrogen-bond donors (Lipinski definition) is 3. The van der Waals surface area contributed by atoms with Crippen LogP contribution in [-0.4, -0.2) is 62.9 Å². The van der Waals surface area contributed by atoms with Gasteiger partial charge in [-0.3, -0.25) is 9.11 Å². The number of phenolic OH excluding ortho intramolecular Hbond substituents is 1. The summed E-state index contributed by atoms with van der Waals surface area (Å²) in [6.45, 7) is 0. The molecule has 0 heterocycles. The molecule has 14 heteroatoms. The zero-order valence-corrected chi connectivity index (χ0v) is 23.3. The van der Waals surface area contributed by atoms with Crippen molar-refractivity contribution in [3.63, 3.8) is 0 Å². The normalized spacial score (nSPS) is 12.3. The predicted molar refractivity (Wildman–Crippen MR) is 118 cm³/mol. The SMILES string of the molecule is COc1cc(CCCS(=O)(=O)O)ccc1OC(Cc1cccc(OC)c1O)CS(=O)(=O)O.[O]=[Zn]. The molecule has 186 valence electrons. The summed E-state index contributed by atoms with van der Waals surface area (Å²) >= 11 is 0.125. The van der Waals surface area contributed by atoms with E-state index in [2.05, 4.69) is 0 Å². The molecule has 0 radical (unpaired) electrons. The number of ether oxygens (including phenoxy) is 3. The maximum absolute atomic E-state index is 11.5. The van der Waals surface area contributed by atoms with E-state index in [0.29, 0.717) is 12.0 Å². The molecule has 0 amide bonds. The van der Waals surface area contributed by atoms with Crippen molar-refractivity contribution >= 4 is 20.2 Å². The molecule has 1 unspecified atom stereocenters. The first-order valence-corrected chi connectivity index (χ1v) is 14.2. The van der Waals surface area contributed by atoms with Crippen LogP contribution in [0.15, 0.2) is 36.4 Å². The molecule has 2 aromatic carbocycles. The van der Waals surface area contributed by atoms with Crippen molar-refractivity contribution in [3.05, 3.63) is 47.5 Å². The quantitative estimate of drug-likeness (QED) is 0.251. The van der Waals surface area contributed by atoms with Crippen molar-refractivity contribution in [3.8, 4) is 23.0 Å². The fourth-order valence-corrected chi connectivity index (χ4v) is 4.28. The number of para-hydroxylation sites is 1. The predicted octanol–water partition coefficient (Wildman–Crippen LogP) is 1.99. The molecule has 0 aliphatic carbocycles. The topological polar surface area (TPSA) is 174 Å². The van der Waals surface area contributed by atoms with Gasteiger partial charge >= 0.3 is 21.8 Å². The second-order valence-corrected chi connectivity index (χ2v) is 10.1. The van der Waals surface area contributed by atoms with Crippen molar-refractivity contribution in [2.45, 2.75) is 25.4 Å². The third kappa shape index (κ3) is 10.4. The first-order chi connectivity index (χ1) is 15.9.